The number of nitro groups is 1. The van der Waals surface area contributed by atoms with Crippen molar-refractivity contribution >= 4 is 46.1 Å². The number of non-ortho nitro benzene ring substituents is 1. The van der Waals surface area contributed by atoms with Gasteiger partial charge in [0.15, 0.2) is 16.8 Å². The summed E-state index contributed by atoms with van der Waals surface area (Å²) in [6.07, 6.45) is -1.04. The quantitative estimate of drug-likeness (QED) is 0.218. The molecule has 1 atom stereocenters. The van der Waals surface area contributed by atoms with Crippen LogP contribution in [0.25, 0.3) is 0 Å². The Hall–Kier alpha value is -2.48. The molecule has 0 radical (unpaired) electrons. The molecule has 2 rings (SSSR count). The lowest BCUT2D eigenvalue weighted by molar-refractivity contribution is -0.384. The van der Waals surface area contributed by atoms with Gasteiger partial charge in [-0.05, 0) is 31.2 Å². The molecule has 1 unspecified atom stereocenters. The van der Waals surface area contributed by atoms with Crippen molar-refractivity contribution in [3.8, 4) is 0 Å². The largest absolute Gasteiger partial charge is 0.354 e. The molecule has 0 amide bonds. The van der Waals surface area contributed by atoms with Gasteiger partial charge in [0.05, 0.1) is 4.92 Å². The lowest BCUT2D eigenvalue weighted by Gasteiger charge is -2.19. The number of anilines is 1. The molecule has 142 valence electrons. The average molecular weight is 411 g/mol. The fraction of sp³-hybridized carbons (Fsp3) is 0.222. The van der Waals surface area contributed by atoms with E-state index in [1.165, 1.54) is 30.3 Å². The molecule has 0 aromatic heterocycles. The zero-order chi connectivity index (χ0) is 20.0. The van der Waals surface area contributed by atoms with Gasteiger partial charge < -0.3 is 10.1 Å². The summed E-state index contributed by atoms with van der Waals surface area (Å²) in [5.41, 5.74) is 0.882. The topological polar surface area (TPSA) is 98.5 Å². The summed E-state index contributed by atoms with van der Waals surface area (Å²) < 4.78 is 5.46. The van der Waals surface area contributed by atoms with Gasteiger partial charge in [-0.3, -0.25) is 19.7 Å². The molecule has 9 heteroatoms. The number of benzene rings is 2. The van der Waals surface area contributed by atoms with Crippen molar-refractivity contribution in [2.45, 2.75) is 18.0 Å². The number of halogens is 2. The standard InChI is InChI=1S/C18H16Cl2N2O5/c1-2-27-18(16(24)11-6-8-14(9-7-11)22(25)26)21-13-5-3-4-12(10-13)15(23)17(19)20/h3-10,17-18,21H,2H2,1H3. The van der Waals surface area contributed by atoms with Crippen LogP contribution in [0.1, 0.15) is 27.6 Å². The maximum absolute atomic E-state index is 12.7. The Morgan fingerprint density at radius 1 is 1.11 bits per heavy atom. The molecule has 0 aliphatic heterocycles. The van der Waals surface area contributed by atoms with Crippen molar-refractivity contribution in [2.24, 2.45) is 0 Å². The second kappa shape index (κ2) is 9.45. The maximum Gasteiger partial charge on any atom is 0.269 e. The predicted molar refractivity (Wildman–Crippen MR) is 103 cm³/mol. The van der Waals surface area contributed by atoms with Crippen LogP contribution in [0, 0.1) is 10.1 Å². The van der Waals surface area contributed by atoms with Crippen LogP contribution in [0.15, 0.2) is 48.5 Å². The number of nitrogens with one attached hydrogen (secondary N) is 1. The highest BCUT2D eigenvalue weighted by Gasteiger charge is 2.22. The molecular weight excluding hydrogens is 395 g/mol. The van der Waals surface area contributed by atoms with E-state index in [1.54, 1.807) is 25.1 Å². The highest BCUT2D eigenvalue weighted by atomic mass is 35.5. The normalized spacial score (nSPS) is 11.9. The van der Waals surface area contributed by atoms with Crippen LogP contribution in [-0.2, 0) is 4.74 Å². The van der Waals surface area contributed by atoms with E-state index in [4.69, 9.17) is 27.9 Å². The zero-order valence-electron chi connectivity index (χ0n) is 14.2. The second-order valence-corrected chi connectivity index (χ2v) is 6.49. The first-order valence-corrected chi connectivity index (χ1v) is 8.80. The van der Waals surface area contributed by atoms with Crippen molar-refractivity contribution in [2.75, 3.05) is 11.9 Å². The fourth-order valence-electron chi connectivity index (χ4n) is 2.29. The minimum atomic E-state index is -1.19. The van der Waals surface area contributed by atoms with Crippen molar-refractivity contribution in [1.29, 1.82) is 0 Å². The van der Waals surface area contributed by atoms with Gasteiger partial charge in [-0.25, -0.2) is 0 Å². The Kier molecular flexibility index (Phi) is 7.29. The molecule has 2 aromatic rings. The lowest BCUT2D eigenvalue weighted by Crippen LogP contribution is -2.32. The molecule has 7 nitrogen and oxygen atoms in total. The summed E-state index contributed by atoms with van der Waals surface area (Å²) in [5, 5.41) is 13.6. The first kappa shape index (κ1) is 20.8. The van der Waals surface area contributed by atoms with E-state index >= 15 is 0 Å². The number of hydrogen-bond donors (Lipinski definition) is 1. The number of Topliss-reactive ketones (excluding diaryl/α,β-unsaturated/α-hetero) is 2. The first-order chi connectivity index (χ1) is 12.8. The Bertz CT molecular complexity index is 840. The Labute approximate surface area is 165 Å². The molecule has 0 bridgehead atoms. The molecule has 0 aliphatic rings. The van der Waals surface area contributed by atoms with Crippen molar-refractivity contribution in [1.82, 2.24) is 0 Å². The van der Waals surface area contributed by atoms with E-state index in [1.807, 2.05) is 0 Å². The van der Waals surface area contributed by atoms with Crippen LogP contribution in [0.5, 0.6) is 0 Å². The van der Waals surface area contributed by atoms with Crippen LogP contribution >= 0.6 is 23.2 Å². The van der Waals surface area contributed by atoms with Gasteiger partial charge in [0.2, 0.25) is 5.78 Å². The number of carbonyl (C=O) groups is 2. The fourth-order valence-corrected chi connectivity index (χ4v) is 2.54. The molecule has 1 N–H and O–H groups in total. The van der Waals surface area contributed by atoms with E-state index < -0.39 is 27.6 Å². The highest BCUT2D eigenvalue weighted by molar-refractivity contribution is 6.55. The number of nitrogens with zero attached hydrogens (tertiary/aromatic N) is 1. The van der Waals surface area contributed by atoms with E-state index in [-0.39, 0.29) is 23.4 Å². The molecule has 0 aliphatic carbocycles. The summed E-state index contributed by atoms with van der Waals surface area (Å²) in [6.45, 7) is 1.98. The number of alkyl halides is 2. The summed E-state index contributed by atoms with van der Waals surface area (Å²) in [6, 6.07) is 11.6. The van der Waals surface area contributed by atoms with Crippen molar-refractivity contribution < 1.29 is 19.2 Å². The van der Waals surface area contributed by atoms with Crippen LogP contribution < -0.4 is 5.32 Å². The van der Waals surface area contributed by atoms with E-state index in [0.717, 1.165) is 0 Å². The number of hydrogen-bond acceptors (Lipinski definition) is 6. The predicted octanol–water partition coefficient (Wildman–Crippen LogP) is 4.24. The van der Waals surface area contributed by atoms with Crippen LogP contribution in [0.3, 0.4) is 0 Å². The van der Waals surface area contributed by atoms with Crippen LogP contribution in [-0.4, -0.2) is 34.2 Å². The van der Waals surface area contributed by atoms with Gasteiger partial charge >= 0.3 is 0 Å². The molecule has 0 saturated carbocycles. The molecule has 27 heavy (non-hydrogen) atoms. The summed E-state index contributed by atoms with van der Waals surface area (Å²) in [7, 11) is 0. The number of ketones is 2. The Morgan fingerprint density at radius 3 is 2.33 bits per heavy atom. The summed E-state index contributed by atoms with van der Waals surface area (Å²) in [5.74, 6) is -0.868. The van der Waals surface area contributed by atoms with Crippen molar-refractivity contribution in [3.05, 3.63) is 69.8 Å². The SMILES string of the molecule is CCOC(Nc1cccc(C(=O)C(Cl)Cl)c1)C(=O)c1ccc([N+](=O)[O-])cc1. The Balaban J connectivity index is 2.22. The first-order valence-electron chi connectivity index (χ1n) is 7.92. The molecular formula is C18H16Cl2N2O5. The van der Waals surface area contributed by atoms with Gasteiger partial charge in [0.1, 0.15) is 0 Å². The third kappa shape index (κ3) is 5.50. The molecule has 2 aromatic carbocycles. The number of nitro benzene ring substituents is 1. The van der Waals surface area contributed by atoms with Gasteiger partial charge in [-0.1, -0.05) is 35.3 Å². The number of ether oxygens (including phenoxy) is 1. The Morgan fingerprint density at radius 2 is 1.78 bits per heavy atom. The number of rotatable bonds is 9. The third-order valence-electron chi connectivity index (χ3n) is 3.58. The minimum absolute atomic E-state index is 0.115. The van der Waals surface area contributed by atoms with Gasteiger partial charge in [0, 0.05) is 35.6 Å². The van der Waals surface area contributed by atoms with Crippen LogP contribution in [0.2, 0.25) is 0 Å². The monoisotopic (exact) mass is 410 g/mol. The van der Waals surface area contributed by atoms with E-state index in [9.17, 15) is 19.7 Å². The third-order valence-corrected chi connectivity index (χ3v) is 3.97. The summed E-state index contributed by atoms with van der Waals surface area (Å²) in [4.78, 5) is 33.6. The highest BCUT2D eigenvalue weighted by Crippen LogP contribution is 2.19. The number of carbonyl (C=O) groups excluding carboxylic acids is 2. The molecule has 0 heterocycles. The smallest absolute Gasteiger partial charge is 0.269 e. The lowest BCUT2D eigenvalue weighted by atomic mass is 10.1. The van der Waals surface area contributed by atoms with Gasteiger partial charge in [-0.15, -0.1) is 0 Å². The maximum atomic E-state index is 12.7. The van der Waals surface area contributed by atoms with E-state index in [0.29, 0.717) is 5.69 Å². The molecule has 0 saturated heterocycles. The minimum Gasteiger partial charge on any atom is -0.354 e. The summed E-state index contributed by atoms with van der Waals surface area (Å²) >= 11 is 11.2. The molecule has 0 fully saturated rings. The zero-order valence-corrected chi connectivity index (χ0v) is 15.7. The van der Waals surface area contributed by atoms with Crippen LogP contribution in [0.4, 0.5) is 11.4 Å². The molecule has 0 spiro atoms. The average Bonchev–Trinajstić information content (AvgIpc) is 2.66. The van der Waals surface area contributed by atoms with E-state index in [2.05, 4.69) is 5.32 Å². The second-order valence-electron chi connectivity index (χ2n) is 5.39. The van der Waals surface area contributed by atoms with Crippen molar-refractivity contribution in [3.63, 3.8) is 0 Å². The van der Waals surface area contributed by atoms with Gasteiger partial charge in [0.25, 0.3) is 5.69 Å². The van der Waals surface area contributed by atoms with Gasteiger partial charge in [-0.2, -0.15) is 0 Å².